The quantitative estimate of drug-likeness (QED) is 0.831. The van der Waals surface area contributed by atoms with Gasteiger partial charge in [-0.25, -0.2) is 0 Å². The van der Waals surface area contributed by atoms with Crippen LogP contribution in [0.25, 0.3) is 0 Å². The van der Waals surface area contributed by atoms with E-state index < -0.39 is 0 Å². The van der Waals surface area contributed by atoms with Crippen LogP contribution in [-0.2, 0) is 18.2 Å². The molecule has 1 heterocycles. The first kappa shape index (κ1) is 12.5. The van der Waals surface area contributed by atoms with Crippen molar-refractivity contribution in [3.05, 3.63) is 16.4 Å². The second-order valence-electron chi connectivity index (χ2n) is 3.72. The average Bonchev–Trinajstić information content (AvgIpc) is 2.42. The molecule has 0 radical (unpaired) electrons. The van der Waals surface area contributed by atoms with E-state index in [1.807, 2.05) is 14.0 Å². The van der Waals surface area contributed by atoms with E-state index in [9.17, 15) is 0 Å². The molecule has 1 aromatic rings. The van der Waals surface area contributed by atoms with Crippen molar-refractivity contribution in [1.82, 2.24) is 9.78 Å². The fraction of sp³-hybridized carbons (Fsp3) is 0.700. The molecule has 0 amide bonds. The number of halogens is 1. The molecule has 2 N–H and O–H groups in total. The number of aromatic nitrogens is 2. The van der Waals surface area contributed by atoms with Gasteiger partial charge in [-0.05, 0) is 13.3 Å². The highest BCUT2D eigenvalue weighted by Gasteiger charge is 2.14. The van der Waals surface area contributed by atoms with E-state index >= 15 is 0 Å². The molecule has 1 unspecified atom stereocenters. The van der Waals surface area contributed by atoms with Gasteiger partial charge in [-0.2, -0.15) is 5.10 Å². The van der Waals surface area contributed by atoms with Gasteiger partial charge in [0, 0.05) is 33.2 Å². The molecule has 5 heteroatoms. The summed E-state index contributed by atoms with van der Waals surface area (Å²) in [6.07, 6.45) is 1.57. The lowest BCUT2D eigenvalue weighted by Gasteiger charge is -2.11. The fourth-order valence-corrected chi connectivity index (χ4v) is 1.76. The zero-order valence-corrected chi connectivity index (χ0v) is 10.2. The first-order valence-electron chi connectivity index (χ1n) is 4.98. The molecule has 1 aromatic heterocycles. The number of aryl methyl sites for hydroxylation is 2. The van der Waals surface area contributed by atoms with Crippen molar-refractivity contribution in [3.63, 3.8) is 0 Å². The Labute approximate surface area is 95.3 Å². The van der Waals surface area contributed by atoms with Gasteiger partial charge in [0.15, 0.2) is 0 Å². The van der Waals surface area contributed by atoms with Gasteiger partial charge in [0.25, 0.3) is 0 Å². The van der Waals surface area contributed by atoms with Crippen LogP contribution in [0.5, 0.6) is 0 Å². The molecular formula is C10H18ClN3O. The van der Waals surface area contributed by atoms with Gasteiger partial charge < -0.3 is 10.5 Å². The minimum Gasteiger partial charge on any atom is -0.385 e. The number of nitrogens with zero attached hydrogens (tertiary/aromatic N) is 2. The van der Waals surface area contributed by atoms with Crippen LogP contribution in [0.2, 0.25) is 5.02 Å². The Bertz CT molecular complexity index is 325. The monoisotopic (exact) mass is 231 g/mol. The van der Waals surface area contributed by atoms with Crippen molar-refractivity contribution >= 4 is 11.6 Å². The normalized spacial score (nSPS) is 13.1. The highest BCUT2D eigenvalue weighted by molar-refractivity contribution is 6.31. The average molecular weight is 232 g/mol. The van der Waals surface area contributed by atoms with Gasteiger partial charge in [0.2, 0.25) is 0 Å². The Hall–Kier alpha value is -0.580. The standard InChI is InChI=1S/C10H18ClN3O/c1-7-10(11)9(14(2)13-7)6-8(12)4-5-15-3/h8H,4-6,12H2,1-3H3. The van der Waals surface area contributed by atoms with Crippen LogP contribution in [0, 0.1) is 6.92 Å². The lowest BCUT2D eigenvalue weighted by Crippen LogP contribution is -2.25. The number of hydrogen-bond acceptors (Lipinski definition) is 3. The molecule has 0 bridgehead atoms. The van der Waals surface area contributed by atoms with Crippen LogP contribution < -0.4 is 5.73 Å². The van der Waals surface area contributed by atoms with Gasteiger partial charge in [-0.3, -0.25) is 4.68 Å². The van der Waals surface area contributed by atoms with E-state index in [2.05, 4.69) is 5.10 Å². The van der Waals surface area contributed by atoms with Crippen molar-refractivity contribution in [1.29, 1.82) is 0 Å². The van der Waals surface area contributed by atoms with Gasteiger partial charge in [0.05, 0.1) is 16.4 Å². The molecule has 0 aliphatic carbocycles. The molecule has 4 nitrogen and oxygen atoms in total. The molecule has 86 valence electrons. The van der Waals surface area contributed by atoms with Crippen molar-refractivity contribution in [2.75, 3.05) is 13.7 Å². The summed E-state index contributed by atoms with van der Waals surface area (Å²) in [5.74, 6) is 0. The number of methoxy groups -OCH3 is 1. The van der Waals surface area contributed by atoms with Crippen molar-refractivity contribution < 1.29 is 4.74 Å². The smallest absolute Gasteiger partial charge is 0.0847 e. The Morgan fingerprint density at radius 2 is 2.27 bits per heavy atom. The lowest BCUT2D eigenvalue weighted by atomic mass is 10.1. The highest BCUT2D eigenvalue weighted by atomic mass is 35.5. The zero-order valence-electron chi connectivity index (χ0n) is 9.46. The second kappa shape index (κ2) is 5.49. The largest absolute Gasteiger partial charge is 0.385 e. The molecule has 0 saturated carbocycles. The summed E-state index contributed by atoms with van der Waals surface area (Å²) in [4.78, 5) is 0. The minimum atomic E-state index is 0.0669. The molecule has 15 heavy (non-hydrogen) atoms. The fourth-order valence-electron chi connectivity index (χ4n) is 1.52. The number of nitrogens with two attached hydrogens (primary N) is 1. The van der Waals surface area contributed by atoms with E-state index in [1.165, 1.54) is 0 Å². The summed E-state index contributed by atoms with van der Waals surface area (Å²) in [6, 6.07) is 0.0669. The Morgan fingerprint density at radius 1 is 1.60 bits per heavy atom. The third-order valence-electron chi connectivity index (χ3n) is 2.41. The lowest BCUT2D eigenvalue weighted by molar-refractivity contribution is 0.187. The highest BCUT2D eigenvalue weighted by Crippen LogP contribution is 2.20. The van der Waals surface area contributed by atoms with Gasteiger partial charge in [0.1, 0.15) is 0 Å². The molecule has 0 spiro atoms. The predicted molar refractivity (Wildman–Crippen MR) is 61.1 cm³/mol. The SMILES string of the molecule is COCCC(N)Cc1c(Cl)c(C)nn1C. The van der Waals surface area contributed by atoms with Crippen LogP contribution in [0.3, 0.4) is 0 Å². The summed E-state index contributed by atoms with van der Waals surface area (Å²) in [5, 5.41) is 4.97. The van der Waals surface area contributed by atoms with Crippen molar-refractivity contribution in [2.24, 2.45) is 12.8 Å². The van der Waals surface area contributed by atoms with Gasteiger partial charge in [-0.15, -0.1) is 0 Å². The minimum absolute atomic E-state index is 0.0669. The van der Waals surface area contributed by atoms with Gasteiger partial charge in [-0.1, -0.05) is 11.6 Å². The summed E-state index contributed by atoms with van der Waals surface area (Å²) < 4.78 is 6.78. The van der Waals surface area contributed by atoms with Crippen LogP contribution in [-0.4, -0.2) is 29.5 Å². The maximum Gasteiger partial charge on any atom is 0.0847 e. The number of ether oxygens (including phenoxy) is 1. The third kappa shape index (κ3) is 3.19. The summed E-state index contributed by atoms with van der Waals surface area (Å²) >= 11 is 6.12. The van der Waals surface area contributed by atoms with Crippen molar-refractivity contribution in [2.45, 2.75) is 25.8 Å². The number of rotatable bonds is 5. The molecule has 0 fully saturated rings. The Morgan fingerprint density at radius 3 is 2.73 bits per heavy atom. The second-order valence-corrected chi connectivity index (χ2v) is 4.09. The predicted octanol–water partition coefficient (Wildman–Crippen LogP) is 1.29. The van der Waals surface area contributed by atoms with Crippen LogP contribution in [0.4, 0.5) is 0 Å². The molecule has 0 aliphatic heterocycles. The van der Waals surface area contributed by atoms with E-state index in [1.54, 1.807) is 11.8 Å². The molecule has 0 saturated heterocycles. The maximum absolute atomic E-state index is 6.12. The van der Waals surface area contributed by atoms with E-state index in [0.29, 0.717) is 6.61 Å². The van der Waals surface area contributed by atoms with Gasteiger partial charge >= 0.3 is 0 Å². The molecule has 1 rings (SSSR count). The van der Waals surface area contributed by atoms with Crippen molar-refractivity contribution in [3.8, 4) is 0 Å². The van der Waals surface area contributed by atoms with E-state index in [4.69, 9.17) is 22.1 Å². The maximum atomic E-state index is 6.12. The van der Waals surface area contributed by atoms with Crippen LogP contribution >= 0.6 is 11.6 Å². The van der Waals surface area contributed by atoms with Crippen LogP contribution in [0.1, 0.15) is 17.8 Å². The first-order chi connectivity index (χ1) is 7.06. The Kier molecular flexibility index (Phi) is 4.57. The number of hydrogen-bond donors (Lipinski definition) is 1. The first-order valence-corrected chi connectivity index (χ1v) is 5.36. The summed E-state index contributed by atoms with van der Waals surface area (Å²) in [5.41, 5.74) is 7.81. The van der Waals surface area contributed by atoms with E-state index in [-0.39, 0.29) is 6.04 Å². The molecule has 1 atom stereocenters. The zero-order chi connectivity index (χ0) is 11.4. The van der Waals surface area contributed by atoms with Crippen LogP contribution in [0.15, 0.2) is 0 Å². The molecule has 0 aromatic carbocycles. The third-order valence-corrected chi connectivity index (χ3v) is 2.90. The molecule has 0 aliphatic rings. The van der Waals surface area contributed by atoms with E-state index in [0.717, 1.165) is 29.3 Å². The Balaban J connectivity index is 2.63. The summed E-state index contributed by atoms with van der Waals surface area (Å²) in [7, 11) is 3.56. The topological polar surface area (TPSA) is 53.1 Å². The summed E-state index contributed by atoms with van der Waals surface area (Å²) in [6.45, 7) is 2.57. The molecular weight excluding hydrogens is 214 g/mol.